The number of ether oxygens (including phenoxy) is 1. The molecule has 6 nitrogen and oxygen atoms in total. The summed E-state index contributed by atoms with van der Waals surface area (Å²) in [5.41, 5.74) is 6.76. The summed E-state index contributed by atoms with van der Waals surface area (Å²) < 4.78 is 6.69. The molecule has 3 aliphatic rings. The average Bonchev–Trinajstić information content (AvgIpc) is 3.80. The monoisotopic (exact) mass is 554 g/mol. The number of aromatic hydroxyl groups is 1. The third-order valence-corrected chi connectivity index (χ3v) is 9.77. The van der Waals surface area contributed by atoms with Gasteiger partial charge in [0.2, 0.25) is 5.88 Å². The predicted molar refractivity (Wildman–Crippen MR) is 160 cm³/mol. The highest BCUT2D eigenvalue weighted by atomic mass is 16.5. The van der Waals surface area contributed by atoms with Crippen molar-refractivity contribution in [1.29, 1.82) is 0 Å². The summed E-state index contributed by atoms with van der Waals surface area (Å²) in [6.07, 6.45) is 9.31. The van der Waals surface area contributed by atoms with Crippen molar-refractivity contribution in [3.05, 3.63) is 77.0 Å². The van der Waals surface area contributed by atoms with Crippen molar-refractivity contribution in [2.45, 2.75) is 96.4 Å². The zero-order chi connectivity index (χ0) is 28.7. The van der Waals surface area contributed by atoms with E-state index in [1.54, 1.807) is 12.3 Å². The fourth-order valence-corrected chi connectivity index (χ4v) is 7.20. The van der Waals surface area contributed by atoms with Crippen LogP contribution in [0.4, 0.5) is 0 Å². The van der Waals surface area contributed by atoms with Gasteiger partial charge in [-0.3, -0.25) is 9.69 Å². The van der Waals surface area contributed by atoms with E-state index in [1.807, 2.05) is 13.0 Å². The lowest BCUT2D eigenvalue weighted by Gasteiger charge is -2.39. The van der Waals surface area contributed by atoms with Crippen LogP contribution in [-0.2, 0) is 17.8 Å². The lowest BCUT2D eigenvalue weighted by Crippen LogP contribution is -2.43. The van der Waals surface area contributed by atoms with Gasteiger partial charge >= 0.3 is 5.97 Å². The smallest absolute Gasteiger partial charge is 0.306 e. The van der Waals surface area contributed by atoms with Crippen LogP contribution in [0.2, 0.25) is 0 Å². The standard InChI is InChI=1S/C35H42N2O4/c1-21-5-4-6-22(2)37(21)20-29-17-27(11-13-30(29)26-15-16-36-33(38)19-26)31-14-12-24-7-10-28(18-32(24)41-31)34(25-8-9-25)23(3)35(39)40/h7,10-11,13,15-19,21-23,25,31,34H,4-6,8-9,12,14,20H2,1-3H3,(H,36,38)(H,39,40)/t21-,22+,23-,31-,34-/m0/s1. The van der Waals surface area contributed by atoms with Crippen LogP contribution in [0, 0.1) is 11.8 Å². The largest absolute Gasteiger partial charge is 0.493 e. The number of piperidine rings is 1. The van der Waals surface area contributed by atoms with E-state index in [1.165, 1.54) is 30.4 Å². The summed E-state index contributed by atoms with van der Waals surface area (Å²) in [5, 5.41) is 19.9. The lowest BCUT2D eigenvalue weighted by molar-refractivity contribution is -0.142. The highest BCUT2D eigenvalue weighted by molar-refractivity contribution is 5.71. The maximum atomic E-state index is 11.9. The number of carboxylic acids is 1. The second kappa shape index (κ2) is 11.5. The summed E-state index contributed by atoms with van der Waals surface area (Å²) in [5.74, 6) is 0.249. The number of benzene rings is 2. The SMILES string of the molecule is C[C@H](C(=O)O)[C@H](c1ccc2c(c1)O[C@H](c1ccc(-c3ccnc(O)c3)c(CN3[C@H](C)CCC[C@@H]3C)c1)CC2)C1CC1. The molecule has 1 saturated carbocycles. The highest BCUT2D eigenvalue weighted by Crippen LogP contribution is 2.48. The fourth-order valence-electron chi connectivity index (χ4n) is 7.20. The molecule has 6 heteroatoms. The number of rotatable bonds is 8. The van der Waals surface area contributed by atoms with Gasteiger partial charge in [-0.1, -0.05) is 43.7 Å². The lowest BCUT2D eigenvalue weighted by atomic mass is 9.82. The van der Waals surface area contributed by atoms with E-state index < -0.39 is 11.9 Å². The Hall–Kier alpha value is -3.38. The van der Waals surface area contributed by atoms with Gasteiger partial charge in [0.05, 0.1) is 5.92 Å². The molecule has 216 valence electrons. The molecule has 2 aromatic carbocycles. The molecular weight excluding hydrogens is 512 g/mol. The highest BCUT2D eigenvalue weighted by Gasteiger charge is 2.39. The van der Waals surface area contributed by atoms with Gasteiger partial charge < -0.3 is 14.9 Å². The number of aryl methyl sites for hydroxylation is 1. The van der Waals surface area contributed by atoms with Gasteiger partial charge in [0.25, 0.3) is 0 Å². The summed E-state index contributed by atoms with van der Waals surface area (Å²) >= 11 is 0. The summed E-state index contributed by atoms with van der Waals surface area (Å²) in [7, 11) is 0. The Bertz CT molecular complexity index is 1410. The molecule has 1 aromatic heterocycles. The first-order valence-electron chi connectivity index (χ1n) is 15.3. The maximum Gasteiger partial charge on any atom is 0.306 e. The van der Waals surface area contributed by atoms with Crippen LogP contribution >= 0.6 is 0 Å². The number of nitrogens with zero attached hydrogens (tertiary/aromatic N) is 2. The van der Waals surface area contributed by atoms with E-state index in [2.05, 4.69) is 60.1 Å². The first kappa shape index (κ1) is 27.8. The molecule has 2 N–H and O–H groups in total. The topological polar surface area (TPSA) is 82.9 Å². The number of aromatic nitrogens is 1. The Kier molecular flexibility index (Phi) is 7.78. The zero-order valence-electron chi connectivity index (χ0n) is 24.4. The summed E-state index contributed by atoms with van der Waals surface area (Å²) in [4.78, 5) is 18.5. The molecule has 41 heavy (non-hydrogen) atoms. The van der Waals surface area contributed by atoms with Crippen molar-refractivity contribution in [1.82, 2.24) is 9.88 Å². The molecule has 2 aliphatic heterocycles. The minimum Gasteiger partial charge on any atom is -0.493 e. The Balaban J connectivity index is 1.31. The number of hydrogen-bond donors (Lipinski definition) is 2. The number of pyridine rings is 1. The number of carbonyl (C=O) groups is 1. The molecule has 1 aliphatic carbocycles. The molecule has 6 rings (SSSR count). The third kappa shape index (κ3) is 5.85. The van der Waals surface area contributed by atoms with E-state index in [9.17, 15) is 15.0 Å². The van der Waals surface area contributed by atoms with Crippen LogP contribution in [0.1, 0.15) is 93.6 Å². The number of carboxylic acid groups (broad SMARTS) is 1. The molecule has 0 amide bonds. The van der Waals surface area contributed by atoms with Crippen molar-refractivity contribution < 1.29 is 19.7 Å². The van der Waals surface area contributed by atoms with E-state index in [0.29, 0.717) is 18.0 Å². The van der Waals surface area contributed by atoms with Crippen LogP contribution < -0.4 is 4.74 Å². The number of likely N-dealkylation sites (tertiary alicyclic amines) is 1. The molecule has 2 fully saturated rings. The number of hydrogen-bond acceptors (Lipinski definition) is 5. The van der Waals surface area contributed by atoms with Crippen molar-refractivity contribution in [2.75, 3.05) is 0 Å². The molecule has 3 heterocycles. The molecule has 3 aromatic rings. The van der Waals surface area contributed by atoms with Crippen LogP contribution in [0.25, 0.3) is 11.1 Å². The van der Waals surface area contributed by atoms with Gasteiger partial charge in [0.1, 0.15) is 11.9 Å². The molecule has 0 radical (unpaired) electrons. The Labute approximate surface area is 243 Å². The zero-order valence-corrected chi connectivity index (χ0v) is 24.4. The van der Waals surface area contributed by atoms with Crippen LogP contribution in [0.15, 0.2) is 54.7 Å². The quantitative estimate of drug-likeness (QED) is 0.300. The van der Waals surface area contributed by atoms with E-state index in [-0.39, 0.29) is 17.9 Å². The minimum atomic E-state index is -0.731. The first-order valence-corrected chi connectivity index (χ1v) is 15.3. The van der Waals surface area contributed by atoms with Gasteiger partial charge in [-0.15, -0.1) is 0 Å². The normalized spacial score (nSPS) is 24.2. The first-order chi connectivity index (χ1) is 19.8. The van der Waals surface area contributed by atoms with E-state index in [4.69, 9.17) is 4.74 Å². The number of fused-ring (bicyclic) bond motifs is 1. The predicted octanol–water partition coefficient (Wildman–Crippen LogP) is 7.50. The van der Waals surface area contributed by atoms with Crippen molar-refractivity contribution in [3.8, 4) is 22.8 Å². The van der Waals surface area contributed by atoms with Gasteiger partial charge in [-0.25, -0.2) is 4.98 Å². The second-order valence-corrected chi connectivity index (χ2v) is 12.6. The van der Waals surface area contributed by atoms with Crippen molar-refractivity contribution in [3.63, 3.8) is 0 Å². The van der Waals surface area contributed by atoms with Crippen LogP contribution in [0.3, 0.4) is 0 Å². The molecule has 0 spiro atoms. The van der Waals surface area contributed by atoms with Crippen molar-refractivity contribution in [2.24, 2.45) is 11.8 Å². The molecule has 5 atom stereocenters. The van der Waals surface area contributed by atoms with Crippen LogP contribution in [0.5, 0.6) is 11.6 Å². The molecule has 0 bridgehead atoms. The number of aliphatic carboxylic acids is 1. The minimum absolute atomic E-state index is 0.0259. The van der Waals surface area contributed by atoms with Gasteiger partial charge in [-0.2, -0.15) is 0 Å². The molecule has 1 saturated heterocycles. The average molecular weight is 555 g/mol. The molecular formula is C35H42N2O4. The second-order valence-electron chi connectivity index (χ2n) is 12.6. The van der Waals surface area contributed by atoms with Gasteiger partial charge in [0.15, 0.2) is 0 Å². The van der Waals surface area contributed by atoms with Crippen molar-refractivity contribution >= 4 is 5.97 Å². The van der Waals surface area contributed by atoms with Crippen LogP contribution in [-0.4, -0.2) is 38.1 Å². The Morgan fingerprint density at radius 2 is 1.80 bits per heavy atom. The van der Waals surface area contributed by atoms with Gasteiger partial charge in [-0.05, 0) is 110 Å². The maximum absolute atomic E-state index is 11.9. The Morgan fingerprint density at radius 3 is 2.51 bits per heavy atom. The summed E-state index contributed by atoms with van der Waals surface area (Å²) in [6, 6.07) is 17.8. The van der Waals surface area contributed by atoms with E-state index in [0.717, 1.165) is 60.2 Å². The van der Waals surface area contributed by atoms with E-state index >= 15 is 0 Å². The van der Waals surface area contributed by atoms with Gasteiger partial charge in [0, 0.05) is 30.9 Å². The molecule has 0 unspecified atom stereocenters. The fraction of sp³-hybridized carbons (Fsp3) is 0.486. The third-order valence-electron chi connectivity index (χ3n) is 9.77. The Morgan fingerprint density at radius 1 is 1.02 bits per heavy atom. The summed E-state index contributed by atoms with van der Waals surface area (Å²) in [6.45, 7) is 7.34.